The second-order valence-electron chi connectivity index (χ2n) is 5.73. The Kier molecular flexibility index (Phi) is 4.70. The van der Waals surface area contributed by atoms with E-state index >= 15 is 0 Å². The Morgan fingerprint density at radius 1 is 1.15 bits per heavy atom. The van der Waals surface area contributed by atoms with E-state index in [0.717, 1.165) is 18.7 Å². The first-order valence-electron chi connectivity index (χ1n) is 7.29. The van der Waals surface area contributed by atoms with Gasteiger partial charge in [0.2, 0.25) is 10.0 Å². The lowest BCUT2D eigenvalue weighted by Crippen LogP contribution is -2.29. The molecule has 0 amide bonds. The smallest absolute Gasteiger partial charge is 0.243 e. The van der Waals surface area contributed by atoms with Gasteiger partial charge in [0.1, 0.15) is 0 Å². The minimum absolute atomic E-state index is 0.390. The zero-order chi connectivity index (χ0) is 14.8. The van der Waals surface area contributed by atoms with E-state index in [-0.39, 0.29) is 0 Å². The SMILES string of the molecule is CCCNc1ccc(S(=O)(=O)N2CC(C)C(C)C2)cc1. The first-order chi connectivity index (χ1) is 9.45. The quantitative estimate of drug-likeness (QED) is 0.909. The van der Waals surface area contributed by atoms with Crippen LogP contribution in [0.15, 0.2) is 29.2 Å². The Morgan fingerprint density at radius 3 is 2.20 bits per heavy atom. The third-order valence-corrected chi connectivity index (χ3v) is 5.87. The Hall–Kier alpha value is -1.07. The molecule has 1 saturated heterocycles. The van der Waals surface area contributed by atoms with E-state index in [1.807, 2.05) is 12.1 Å². The van der Waals surface area contributed by atoms with Crippen LogP contribution in [0.4, 0.5) is 5.69 Å². The summed E-state index contributed by atoms with van der Waals surface area (Å²) in [4.78, 5) is 0.390. The topological polar surface area (TPSA) is 49.4 Å². The highest BCUT2D eigenvalue weighted by Crippen LogP contribution is 2.28. The molecule has 1 aliphatic heterocycles. The first-order valence-corrected chi connectivity index (χ1v) is 8.73. The molecule has 1 aromatic rings. The molecule has 2 unspecified atom stereocenters. The van der Waals surface area contributed by atoms with E-state index in [9.17, 15) is 8.42 Å². The van der Waals surface area contributed by atoms with Crippen molar-refractivity contribution in [2.75, 3.05) is 25.0 Å². The van der Waals surface area contributed by atoms with Crippen LogP contribution in [0.2, 0.25) is 0 Å². The molecular weight excluding hydrogens is 272 g/mol. The van der Waals surface area contributed by atoms with Gasteiger partial charge in [0.05, 0.1) is 4.90 Å². The standard InChI is InChI=1S/C15H24N2O2S/c1-4-9-16-14-5-7-15(8-6-14)20(18,19)17-10-12(2)13(3)11-17/h5-8,12-13,16H,4,9-11H2,1-3H3. The van der Waals surface area contributed by atoms with Gasteiger partial charge in [-0.2, -0.15) is 4.31 Å². The van der Waals surface area contributed by atoms with E-state index in [0.29, 0.717) is 29.8 Å². The maximum absolute atomic E-state index is 12.6. The van der Waals surface area contributed by atoms with Gasteiger partial charge in [0, 0.05) is 25.3 Å². The van der Waals surface area contributed by atoms with Gasteiger partial charge in [-0.15, -0.1) is 0 Å². The van der Waals surface area contributed by atoms with Crippen molar-refractivity contribution in [3.8, 4) is 0 Å². The number of hydrogen-bond acceptors (Lipinski definition) is 3. The van der Waals surface area contributed by atoms with Crippen LogP contribution < -0.4 is 5.32 Å². The number of nitrogens with zero attached hydrogens (tertiary/aromatic N) is 1. The summed E-state index contributed by atoms with van der Waals surface area (Å²) in [6.07, 6.45) is 1.05. The second kappa shape index (κ2) is 6.14. The summed E-state index contributed by atoms with van der Waals surface area (Å²) in [5, 5.41) is 3.25. The van der Waals surface area contributed by atoms with Crippen molar-refractivity contribution >= 4 is 15.7 Å². The van der Waals surface area contributed by atoms with Crippen LogP contribution in [-0.2, 0) is 10.0 Å². The van der Waals surface area contributed by atoms with Crippen LogP contribution in [0.5, 0.6) is 0 Å². The van der Waals surface area contributed by atoms with Gasteiger partial charge in [-0.25, -0.2) is 8.42 Å². The molecule has 1 aromatic carbocycles. The summed E-state index contributed by atoms with van der Waals surface area (Å²) in [7, 11) is -3.34. The molecule has 1 N–H and O–H groups in total. The summed E-state index contributed by atoms with van der Waals surface area (Å²) in [5.74, 6) is 0.852. The van der Waals surface area contributed by atoms with Crippen molar-refractivity contribution in [1.29, 1.82) is 0 Å². The van der Waals surface area contributed by atoms with Crippen LogP contribution >= 0.6 is 0 Å². The van der Waals surface area contributed by atoms with Crippen LogP contribution in [0.3, 0.4) is 0 Å². The van der Waals surface area contributed by atoms with Gasteiger partial charge >= 0.3 is 0 Å². The van der Waals surface area contributed by atoms with Crippen molar-refractivity contribution in [2.24, 2.45) is 11.8 Å². The Morgan fingerprint density at radius 2 is 1.70 bits per heavy atom. The summed E-state index contributed by atoms with van der Waals surface area (Å²) in [6.45, 7) is 8.46. The van der Waals surface area contributed by atoms with E-state index in [1.54, 1.807) is 16.4 Å². The molecule has 0 spiro atoms. The summed E-state index contributed by atoms with van der Waals surface area (Å²) >= 11 is 0. The van der Waals surface area contributed by atoms with E-state index in [4.69, 9.17) is 0 Å². The molecule has 1 aliphatic rings. The largest absolute Gasteiger partial charge is 0.385 e. The third kappa shape index (κ3) is 3.15. The number of anilines is 1. The molecule has 20 heavy (non-hydrogen) atoms. The number of sulfonamides is 1. The Bertz CT molecular complexity index is 529. The van der Waals surface area contributed by atoms with Gasteiger partial charge in [-0.3, -0.25) is 0 Å². The molecule has 4 nitrogen and oxygen atoms in total. The predicted molar refractivity (Wildman–Crippen MR) is 82.3 cm³/mol. The van der Waals surface area contributed by atoms with Crippen LogP contribution in [0.1, 0.15) is 27.2 Å². The third-order valence-electron chi connectivity index (χ3n) is 4.03. The molecule has 0 aliphatic carbocycles. The summed E-state index contributed by atoms with van der Waals surface area (Å²) in [6, 6.07) is 7.07. The number of nitrogens with one attached hydrogen (secondary N) is 1. The maximum atomic E-state index is 12.6. The van der Waals surface area contributed by atoms with Gasteiger partial charge in [0.25, 0.3) is 0 Å². The van der Waals surface area contributed by atoms with Gasteiger partial charge in [-0.1, -0.05) is 20.8 Å². The zero-order valence-electron chi connectivity index (χ0n) is 12.5. The molecule has 0 bridgehead atoms. The van der Waals surface area contributed by atoms with Crippen molar-refractivity contribution < 1.29 is 8.42 Å². The maximum Gasteiger partial charge on any atom is 0.243 e. The predicted octanol–water partition coefficient (Wildman–Crippen LogP) is 2.79. The fourth-order valence-electron chi connectivity index (χ4n) is 2.44. The molecular formula is C15H24N2O2S. The average Bonchev–Trinajstić information content (AvgIpc) is 2.77. The molecule has 0 aromatic heterocycles. The van der Waals surface area contributed by atoms with Crippen LogP contribution in [0, 0.1) is 11.8 Å². The molecule has 1 heterocycles. The second-order valence-corrected chi connectivity index (χ2v) is 7.67. The van der Waals surface area contributed by atoms with E-state index in [2.05, 4.69) is 26.1 Å². The monoisotopic (exact) mass is 296 g/mol. The average molecular weight is 296 g/mol. The van der Waals surface area contributed by atoms with E-state index in [1.165, 1.54) is 0 Å². The molecule has 0 radical (unpaired) electrons. The Balaban J connectivity index is 2.14. The number of benzene rings is 1. The minimum atomic E-state index is -3.34. The van der Waals surface area contributed by atoms with E-state index < -0.39 is 10.0 Å². The van der Waals surface area contributed by atoms with Crippen molar-refractivity contribution in [3.63, 3.8) is 0 Å². The molecule has 0 saturated carbocycles. The molecule has 1 fully saturated rings. The normalized spacial score (nSPS) is 23.9. The fraction of sp³-hybridized carbons (Fsp3) is 0.600. The van der Waals surface area contributed by atoms with Gasteiger partial charge < -0.3 is 5.32 Å². The number of rotatable bonds is 5. The van der Waals surface area contributed by atoms with Gasteiger partial charge in [0.15, 0.2) is 0 Å². The molecule has 2 atom stereocenters. The number of hydrogen-bond donors (Lipinski definition) is 1. The lowest BCUT2D eigenvalue weighted by atomic mass is 10.0. The van der Waals surface area contributed by atoms with Crippen molar-refractivity contribution in [2.45, 2.75) is 32.1 Å². The summed E-state index contributed by atoms with van der Waals surface area (Å²) < 4.78 is 26.7. The minimum Gasteiger partial charge on any atom is -0.385 e. The molecule has 5 heteroatoms. The van der Waals surface area contributed by atoms with Crippen molar-refractivity contribution in [3.05, 3.63) is 24.3 Å². The highest BCUT2D eigenvalue weighted by molar-refractivity contribution is 7.89. The lowest BCUT2D eigenvalue weighted by molar-refractivity contribution is 0.463. The molecule has 112 valence electrons. The Labute approximate surface area is 122 Å². The van der Waals surface area contributed by atoms with Crippen molar-refractivity contribution in [1.82, 2.24) is 4.31 Å². The molecule has 2 rings (SSSR count). The van der Waals surface area contributed by atoms with Gasteiger partial charge in [-0.05, 0) is 42.5 Å². The summed E-state index contributed by atoms with van der Waals surface area (Å²) in [5.41, 5.74) is 0.967. The first kappa shape index (κ1) is 15.3. The highest BCUT2D eigenvalue weighted by Gasteiger charge is 2.34. The van der Waals surface area contributed by atoms with Crippen LogP contribution in [0.25, 0.3) is 0 Å². The zero-order valence-corrected chi connectivity index (χ0v) is 13.3. The lowest BCUT2D eigenvalue weighted by Gasteiger charge is -2.16. The highest BCUT2D eigenvalue weighted by atomic mass is 32.2. The fourth-order valence-corrected chi connectivity index (χ4v) is 4.08. The van der Waals surface area contributed by atoms with Crippen LogP contribution in [-0.4, -0.2) is 32.4 Å².